The van der Waals surface area contributed by atoms with Crippen LogP contribution in [0.5, 0.6) is 0 Å². The molecular weight excluding hydrogens is 214 g/mol. The lowest BCUT2D eigenvalue weighted by Gasteiger charge is -2.05. The predicted molar refractivity (Wildman–Crippen MR) is 66.1 cm³/mol. The highest BCUT2D eigenvalue weighted by atomic mass is 16.2. The first-order chi connectivity index (χ1) is 8.19. The molecule has 17 heavy (non-hydrogen) atoms. The molecule has 0 aliphatic carbocycles. The van der Waals surface area contributed by atoms with Crippen LogP contribution in [0.3, 0.4) is 0 Å². The molecule has 1 aromatic rings. The Morgan fingerprint density at radius 2 is 2.00 bits per heavy atom. The van der Waals surface area contributed by atoms with Gasteiger partial charge in [0.1, 0.15) is 0 Å². The van der Waals surface area contributed by atoms with E-state index < -0.39 is 0 Å². The summed E-state index contributed by atoms with van der Waals surface area (Å²) < 4.78 is 0. The maximum atomic E-state index is 11.4. The van der Waals surface area contributed by atoms with Crippen LogP contribution in [0.15, 0.2) is 30.8 Å². The molecular formula is C14H15NO2. The number of amides is 2. The monoisotopic (exact) mass is 229 g/mol. The minimum Gasteiger partial charge on any atom is -0.296 e. The molecule has 1 saturated heterocycles. The Balaban J connectivity index is 1.91. The Hall–Kier alpha value is -1.90. The number of aryl methyl sites for hydroxylation is 1. The van der Waals surface area contributed by atoms with Gasteiger partial charge in [0.05, 0.1) is 0 Å². The van der Waals surface area contributed by atoms with Crippen molar-refractivity contribution in [1.29, 1.82) is 0 Å². The second-order valence-corrected chi connectivity index (χ2v) is 4.30. The molecule has 0 saturated carbocycles. The summed E-state index contributed by atoms with van der Waals surface area (Å²) in [4.78, 5) is 22.4. The molecule has 2 amide bonds. The Kier molecular flexibility index (Phi) is 3.38. The van der Waals surface area contributed by atoms with Crippen molar-refractivity contribution in [3.63, 3.8) is 0 Å². The van der Waals surface area contributed by atoms with Crippen molar-refractivity contribution < 1.29 is 9.59 Å². The van der Waals surface area contributed by atoms with Crippen molar-refractivity contribution >= 4 is 17.9 Å². The van der Waals surface area contributed by atoms with Crippen molar-refractivity contribution in [2.24, 2.45) is 5.92 Å². The number of carbonyl (C=O) groups excluding carboxylic acids is 2. The van der Waals surface area contributed by atoms with Gasteiger partial charge in [-0.25, -0.2) is 0 Å². The second-order valence-electron chi connectivity index (χ2n) is 4.30. The van der Waals surface area contributed by atoms with E-state index in [0.717, 1.165) is 18.4 Å². The molecule has 1 unspecified atom stereocenters. The van der Waals surface area contributed by atoms with E-state index in [4.69, 9.17) is 0 Å². The number of carbonyl (C=O) groups is 2. The van der Waals surface area contributed by atoms with Crippen molar-refractivity contribution in [2.45, 2.75) is 19.3 Å². The Morgan fingerprint density at radius 3 is 2.53 bits per heavy atom. The SMILES string of the molecule is C=Cc1ccc(CCC2CC(=O)NC2=O)cc1. The van der Waals surface area contributed by atoms with Gasteiger partial charge >= 0.3 is 0 Å². The molecule has 1 fully saturated rings. The van der Waals surface area contributed by atoms with Gasteiger partial charge in [-0.2, -0.15) is 0 Å². The largest absolute Gasteiger partial charge is 0.296 e. The fourth-order valence-electron chi connectivity index (χ4n) is 2.00. The van der Waals surface area contributed by atoms with Crippen LogP contribution >= 0.6 is 0 Å². The van der Waals surface area contributed by atoms with E-state index in [9.17, 15) is 9.59 Å². The summed E-state index contributed by atoms with van der Waals surface area (Å²) in [5, 5.41) is 2.33. The maximum absolute atomic E-state index is 11.4. The molecule has 1 heterocycles. The van der Waals surface area contributed by atoms with Crippen LogP contribution in [-0.2, 0) is 16.0 Å². The molecule has 1 aliphatic heterocycles. The van der Waals surface area contributed by atoms with Gasteiger partial charge in [0.25, 0.3) is 0 Å². The third kappa shape index (κ3) is 2.81. The summed E-state index contributed by atoms with van der Waals surface area (Å²) >= 11 is 0. The first kappa shape index (κ1) is 11.6. The van der Waals surface area contributed by atoms with Crippen molar-refractivity contribution in [1.82, 2.24) is 5.32 Å². The van der Waals surface area contributed by atoms with E-state index in [2.05, 4.69) is 11.9 Å². The molecule has 0 spiro atoms. The number of hydrogen-bond donors (Lipinski definition) is 1. The Labute approximate surface area is 101 Å². The summed E-state index contributed by atoms with van der Waals surface area (Å²) in [6, 6.07) is 8.07. The average molecular weight is 229 g/mol. The average Bonchev–Trinajstić information content (AvgIpc) is 2.66. The first-order valence-electron chi connectivity index (χ1n) is 5.74. The summed E-state index contributed by atoms with van der Waals surface area (Å²) in [5.74, 6) is -0.429. The summed E-state index contributed by atoms with van der Waals surface area (Å²) in [5.41, 5.74) is 2.27. The van der Waals surface area contributed by atoms with Crippen molar-refractivity contribution in [3.8, 4) is 0 Å². The lowest BCUT2D eigenvalue weighted by molar-refractivity contribution is -0.125. The number of nitrogens with one attached hydrogen (secondary N) is 1. The van der Waals surface area contributed by atoms with Gasteiger partial charge in [0.15, 0.2) is 0 Å². The third-order valence-electron chi connectivity index (χ3n) is 3.06. The maximum Gasteiger partial charge on any atom is 0.230 e. The zero-order chi connectivity index (χ0) is 12.3. The van der Waals surface area contributed by atoms with E-state index in [1.165, 1.54) is 5.56 Å². The minimum absolute atomic E-state index is 0.127. The number of benzene rings is 1. The Bertz CT molecular complexity index is 448. The molecule has 2 rings (SSSR count). The molecule has 88 valence electrons. The van der Waals surface area contributed by atoms with Crippen LogP contribution in [0.1, 0.15) is 24.0 Å². The fraction of sp³-hybridized carbons (Fsp3) is 0.286. The number of imide groups is 1. The smallest absolute Gasteiger partial charge is 0.230 e. The quantitative estimate of drug-likeness (QED) is 0.802. The van der Waals surface area contributed by atoms with Gasteiger partial charge in [0, 0.05) is 12.3 Å². The Morgan fingerprint density at radius 1 is 1.29 bits per heavy atom. The molecule has 3 nitrogen and oxygen atoms in total. The highest BCUT2D eigenvalue weighted by molar-refractivity contribution is 6.03. The van der Waals surface area contributed by atoms with Crippen molar-refractivity contribution in [3.05, 3.63) is 42.0 Å². The number of rotatable bonds is 4. The van der Waals surface area contributed by atoms with Gasteiger partial charge in [-0.15, -0.1) is 0 Å². The minimum atomic E-state index is -0.151. The third-order valence-corrected chi connectivity index (χ3v) is 3.06. The number of hydrogen-bond acceptors (Lipinski definition) is 2. The van der Waals surface area contributed by atoms with Crippen LogP contribution < -0.4 is 5.32 Å². The summed E-state index contributed by atoms with van der Waals surface area (Å²) in [6.45, 7) is 3.70. The molecule has 0 aromatic heterocycles. The second kappa shape index (κ2) is 4.95. The fourth-order valence-corrected chi connectivity index (χ4v) is 2.00. The predicted octanol–water partition coefficient (Wildman–Crippen LogP) is 1.92. The summed E-state index contributed by atoms with van der Waals surface area (Å²) in [7, 11) is 0. The molecule has 0 bridgehead atoms. The first-order valence-corrected chi connectivity index (χ1v) is 5.74. The van der Waals surface area contributed by atoms with Crippen LogP contribution in [0.2, 0.25) is 0 Å². The van der Waals surface area contributed by atoms with Gasteiger partial charge < -0.3 is 0 Å². The molecule has 1 aromatic carbocycles. The standard InChI is InChI=1S/C14H15NO2/c1-2-10-3-5-11(6-4-10)7-8-12-9-13(16)15-14(12)17/h2-6,12H,1,7-9H2,(H,15,16,17). The zero-order valence-electron chi connectivity index (χ0n) is 9.61. The van der Waals surface area contributed by atoms with Gasteiger partial charge in [-0.3, -0.25) is 14.9 Å². The van der Waals surface area contributed by atoms with E-state index in [1.54, 1.807) is 6.08 Å². The van der Waals surface area contributed by atoms with Crippen LogP contribution in [0.4, 0.5) is 0 Å². The zero-order valence-corrected chi connectivity index (χ0v) is 9.61. The van der Waals surface area contributed by atoms with Crippen molar-refractivity contribution in [2.75, 3.05) is 0 Å². The highest BCUT2D eigenvalue weighted by Gasteiger charge is 2.29. The normalized spacial score (nSPS) is 19.2. The van der Waals surface area contributed by atoms with E-state index >= 15 is 0 Å². The molecule has 1 N–H and O–H groups in total. The molecule has 3 heteroatoms. The van der Waals surface area contributed by atoms with Gasteiger partial charge in [-0.05, 0) is 24.0 Å². The molecule has 1 aliphatic rings. The molecule has 1 atom stereocenters. The van der Waals surface area contributed by atoms with E-state index in [1.807, 2.05) is 24.3 Å². The van der Waals surface area contributed by atoms with E-state index in [-0.39, 0.29) is 17.7 Å². The lowest BCUT2D eigenvalue weighted by Crippen LogP contribution is -2.22. The van der Waals surface area contributed by atoms with Gasteiger partial charge in [-0.1, -0.05) is 36.9 Å². The lowest BCUT2D eigenvalue weighted by atomic mass is 9.97. The highest BCUT2D eigenvalue weighted by Crippen LogP contribution is 2.18. The van der Waals surface area contributed by atoms with Crippen LogP contribution in [-0.4, -0.2) is 11.8 Å². The summed E-state index contributed by atoms with van der Waals surface area (Å²) in [6.07, 6.45) is 3.68. The van der Waals surface area contributed by atoms with Gasteiger partial charge in [0.2, 0.25) is 11.8 Å². The molecule has 0 radical (unpaired) electrons. The van der Waals surface area contributed by atoms with Crippen LogP contribution in [0.25, 0.3) is 6.08 Å². The topological polar surface area (TPSA) is 46.2 Å². The van der Waals surface area contributed by atoms with E-state index in [0.29, 0.717) is 6.42 Å². The van der Waals surface area contributed by atoms with Crippen LogP contribution in [0, 0.1) is 5.92 Å².